The van der Waals surface area contributed by atoms with Gasteiger partial charge in [0.2, 0.25) is 0 Å². The summed E-state index contributed by atoms with van der Waals surface area (Å²) in [5.41, 5.74) is 3.12. The minimum atomic E-state index is -0.258. The second-order valence-electron chi connectivity index (χ2n) is 3.86. The molecule has 0 aromatic heterocycles. The number of rotatable bonds is 1. The van der Waals surface area contributed by atoms with E-state index in [2.05, 4.69) is 11.9 Å². The van der Waals surface area contributed by atoms with Gasteiger partial charge in [-0.15, -0.1) is 0 Å². The van der Waals surface area contributed by atoms with Gasteiger partial charge in [-0.3, -0.25) is 0 Å². The number of carbonyl (C=O) groups excluding carboxylic acids is 1. The van der Waals surface area contributed by atoms with E-state index >= 15 is 0 Å². The summed E-state index contributed by atoms with van der Waals surface area (Å²) < 4.78 is 4.70. The highest BCUT2D eigenvalue weighted by Crippen LogP contribution is 2.26. The van der Waals surface area contributed by atoms with Crippen molar-refractivity contribution < 1.29 is 9.53 Å². The van der Waals surface area contributed by atoms with Crippen molar-refractivity contribution in [2.24, 2.45) is 0 Å². The number of nitrogens with zero attached hydrogens (tertiary/aromatic N) is 1. The molecule has 3 heteroatoms. The zero-order chi connectivity index (χ0) is 10.8. The minimum absolute atomic E-state index is 0.258. The summed E-state index contributed by atoms with van der Waals surface area (Å²) in [5, 5.41) is 0. The molecule has 2 rings (SSSR count). The number of aryl methyl sites for hydroxylation is 1. The summed E-state index contributed by atoms with van der Waals surface area (Å²) >= 11 is 0. The van der Waals surface area contributed by atoms with Gasteiger partial charge in [0.1, 0.15) is 0 Å². The third-order valence-corrected chi connectivity index (χ3v) is 2.85. The molecule has 0 atom stereocenters. The van der Waals surface area contributed by atoms with Gasteiger partial charge in [-0.2, -0.15) is 0 Å². The quantitative estimate of drug-likeness (QED) is 0.655. The average molecular weight is 205 g/mol. The third kappa shape index (κ3) is 1.82. The second-order valence-corrected chi connectivity index (χ2v) is 3.86. The van der Waals surface area contributed by atoms with E-state index in [1.165, 1.54) is 18.4 Å². The standard InChI is InChI=1S/C12H15NO2/c1-13-7-3-4-9-8-10(12(14)15-2)5-6-11(9)13/h5-6,8H,3-4,7H2,1-2H3. The monoisotopic (exact) mass is 205 g/mol. The first kappa shape index (κ1) is 10.0. The Morgan fingerprint density at radius 1 is 1.47 bits per heavy atom. The maximum absolute atomic E-state index is 11.3. The molecule has 0 fully saturated rings. The Morgan fingerprint density at radius 3 is 3.00 bits per heavy atom. The number of ether oxygens (including phenoxy) is 1. The maximum atomic E-state index is 11.3. The van der Waals surface area contributed by atoms with Gasteiger partial charge in [0.15, 0.2) is 0 Å². The number of hydrogen-bond acceptors (Lipinski definition) is 3. The number of fused-ring (bicyclic) bond motifs is 1. The summed E-state index contributed by atoms with van der Waals surface area (Å²) in [6.07, 6.45) is 2.19. The first-order valence-corrected chi connectivity index (χ1v) is 5.15. The van der Waals surface area contributed by atoms with Crippen LogP contribution in [0.3, 0.4) is 0 Å². The van der Waals surface area contributed by atoms with Crippen LogP contribution in [0.25, 0.3) is 0 Å². The van der Waals surface area contributed by atoms with Gasteiger partial charge in [-0.05, 0) is 36.6 Å². The Bertz CT molecular complexity index is 387. The Kier molecular flexibility index (Phi) is 2.62. The van der Waals surface area contributed by atoms with Gasteiger partial charge in [0.25, 0.3) is 0 Å². The molecule has 0 bridgehead atoms. The first-order valence-electron chi connectivity index (χ1n) is 5.15. The summed E-state index contributed by atoms with van der Waals surface area (Å²) in [7, 11) is 3.49. The van der Waals surface area contributed by atoms with Crippen molar-refractivity contribution in [3.05, 3.63) is 29.3 Å². The molecule has 3 nitrogen and oxygen atoms in total. The Hall–Kier alpha value is -1.51. The van der Waals surface area contributed by atoms with Crippen LogP contribution in [-0.2, 0) is 11.2 Å². The van der Waals surface area contributed by atoms with Gasteiger partial charge in [0.05, 0.1) is 12.7 Å². The van der Waals surface area contributed by atoms with Crippen LogP contribution in [0.4, 0.5) is 5.69 Å². The molecule has 0 N–H and O–H groups in total. The average Bonchev–Trinajstić information content (AvgIpc) is 2.28. The van der Waals surface area contributed by atoms with Crippen LogP contribution in [0.15, 0.2) is 18.2 Å². The molecule has 0 aliphatic carbocycles. The molecule has 0 amide bonds. The summed E-state index contributed by atoms with van der Waals surface area (Å²) in [4.78, 5) is 13.6. The van der Waals surface area contributed by atoms with E-state index in [-0.39, 0.29) is 5.97 Å². The zero-order valence-corrected chi connectivity index (χ0v) is 9.12. The fourth-order valence-corrected chi connectivity index (χ4v) is 2.03. The van der Waals surface area contributed by atoms with Crippen LogP contribution in [0.2, 0.25) is 0 Å². The van der Waals surface area contributed by atoms with E-state index in [4.69, 9.17) is 4.74 Å². The lowest BCUT2D eigenvalue weighted by atomic mass is 10.00. The number of hydrogen-bond donors (Lipinski definition) is 0. The van der Waals surface area contributed by atoms with E-state index in [1.807, 2.05) is 18.2 Å². The van der Waals surface area contributed by atoms with Crippen molar-refractivity contribution in [3.8, 4) is 0 Å². The molecule has 1 aliphatic rings. The number of carbonyl (C=O) groups is 1. The molecule has 1 aromatic rings. The summed E-state index contributed by atoms with van der Waals surface area (Å²) in [6, 6.07) is 5.77. The van der Waals surface area contributed by atoms with Gasteiger partial charge in [0, 0.05) is 19.3 Å². The van der Waals surface area contributed by atoms with Crippen molar-refractivity contribution >= 4 is 11.7 Å². The normalized spacial score (nSPS) is 14.7. The predicted molar refractivity (Wildman–Crippen MR) is 59.4 cm³/mol. The van der Waals surface area contributed by atoms with Gasteiger partial charge >= 0.3 is 5.97 Å². The van der Waals surface area contributed by atoms with Gasteiger partial charge < -0.3 is 9.64 Å². The molecule has 15 heavy (non-hydrogen) atoms. The minimum Gasteiger partial charge on any atom is -0.465 e. The van der Waals surface area contributed by atoms with Crippen molar-refractivity contribution in [1.29, 1.82) is 0 Å². The van der Waals surface area contributed by atoms with Crippen molar-refractivity contribution in [2.45, 2.75) is 12.8 Å². The lowest BCUT2D eigenvalue weighted by molar-refractivity contribution is 0.0600. The SMILES string of the molecule is COC(=O)c1ccc2c(c1)CCCN2C. The number of anilines is 1. The lowest BCUT2D eigenvalue weighted by Crippen LogP contribution is -2.24. The number of esters is 1. The number of methoxy groups -OCH3 is 1. The van der Waals surface area contributed by atoms with Crippen LogP contribution < -0.4 is 4.90 Å². The smallest absolute Gasteiger partial charge is 0.337 e. The van der Waals surface area contributed by atoms with E-state index in [1.54, 1.807) is 0 Å². The Morgan fingerprint density at radius 2 is 2.27 bits per heavy atom. The maximum Gasteiger partial charge on any atom is 0.337 e. The molecular weight excluding hydrogens is 190 g/mol. The summed E-state index contributed by atoms with van der Waals surface area (Å²) in [5.74, 6) is -0.258. The molecule has 1 heterocycles. The Labute approximate surface area is 89.7 Å². The molecule has 0 spiro atoms. The topological polar surface area (TPSA) is 29.5 Å². The zero-order valence-electron chi connectivity index (χ0n) is 9.12. The highest BCUT2D eigenvalue weighted by Gasteiger charge is 2.15. The van der Waals surface area contributed by atoms with Crippen LogP contribution in [0.5, 0.6) is 0 Å². The highest BCUT2D eigenvalue weighted by molar-refractivity contribution is 5.90. The molecule has 0 radical (unpaired) electrons. The first-order chi connectivity index (χ1) is 7.22. The van der Waals surface area contributed by atoms with E-state index in [0.717, 1.165) is 19.4 Å². The van der Waals surface area contributed by atoms with Crippen LogP contribution in [0.1, 0.15) is 22.3 Å². The van der Waals surface area contributed by atoms with Gasteiger partial charge in [-0.1, -0.05) is 0 Å². The molecule has 80 valence electrons. The fraction of sp³-hybridized carbons (Fsp3) is 0.417. The molecular formula is C12H15NO2. The van der Waals surface area contributed by atoms with Crippen LogP contribution >= 0.6 is 0 Å². The second kappa shape index (κ2) is 3.93. The highest BCUT2D eigenvalue weighted by atomic mass is 16.5. The van der Waals surface area contributed by atoms with E-state index < -0.39 is 0 Å². The van der Waals surface area contributed by atoms with E-state index in [0.29, 0.717) is 5.56 Å². The molecule has 1 aliphatic heterocycles. The largest absolute Gasteiger partial charge is 0.465 e. The van der Waals surface area contributed by atoms with Crippen LogP contribution in [0, 0.1) is 0 Å². The lowest BCUT2D eigenvalue weighted by Gasteiger charge is -2.27. The molecule has 0 saturated carbocycles. The van der Waals surface area contributed by atoms with Crippen molar-refractivity contribution in [2.75, 3.05) is 25.6 Å². The molecule has 1 aromatic carbocycles. The fourth-order valence-electron chi connectivity index (χ4n) is 2.03. The van der Waals surface area contributed by atoms with E-state index in [9.17, 15) is 4.79 Å². The van der Waals surface area contributed by atoms with Crippen molar-refractivity contribution in [1.82, 2.24) is 0 Å². The van der Waals surface area contributed by atoms with Crippen molar-refractivity contribution in [3.63, 3.8) is 0 Å². The molecule has 0 saturated heterocycles. The predicted octanol–water partition coefficient (Wildman–Crippen LogP) is 1.86. The summed E-state index contributed by atoms with van der Waals surface area (Å²) in [6.45, 7) is 1.09. The Balaban J connectivity index is 2.37. The van der Waals surface area contributed by atoms with Crippen LogP contribution in [-0.4, -0.2) is 26.7 Å². The third-order valence-electron chi connectivity index (χ3n) is 2.85. The van der Waals surface area contributed by atoms with Gasteiger partial charge in [-0.25, -0.2) is 4.79 Å². The number of benzene rings is 1. The molecule has 0 unspecified atom stereocenters.